The summed E-state index contributed by atoms with van der Waals surface area (Å²) in [4.78, 5) is 29.9. The van der Waals surface area contributed by atoms with E-state index in [2.05, 4.69) is 60.1 Å². The summed E-state index contributed by atoms with van der Waals surface area (Å²) in [7, 11) is 2.18. The van der Waals surface area contributed by atoms with Crippen LogP contribution in [0.1, 0.15) is 37.9 Å². The molecule has 0 spiro atoms. The topological polar surface area (TPSA) is 91.1 Å². The molecule has 0 radical (unpaired) electrons. The summed E-state index contributed by atoms with van der Waals surface area (Å²) < 4.78 is 8.05. The van der Waals surface area contributed by atoms with Crippen molar-refractivity contribution in [2.45, 2.75) is 52.7 Å². The number of piperazine rings is 1. The van der Waals surface area contributed by atoms with Gasteiger partial charge in [-0.25, -0.2) is 0 Å². The number of benzene rings is 1. The first-order chi connectivity index (χ1) is 21.2. The summed E-state index contributed by atoms with van der Waals surface area (Å²) in [5, 5.41) is 8.95. The van der Waals surface area contributed by atoms with Crippen LogP contribution in [0.15, 0.2) is 65.5 Å². The third kappa shape index (κ3) is 6.56. The van der Waals surface area contributed by atoms with Crippen molar-refractivity contribution in [3.8, 4) is 0 Å². The SMILES string of the molecule is Cc1nn(Cc2cccc(CC(C)C)n2)c2cccc(NC(=O)C3CN=C4C=C(OCCN5CCN(C)[C@@H](C)C5)C=CN43)c12. The van der Waals surface area contributed by atoms with E-state index >= 15 is 0 Å². The Labute approximate surface area is 260 Å². The van der Waals surface area contributed by atoms with Gasteiger partial charge in [0.25, 0.3) is 0 Å². The molecule has 3 aliphatic heterocycles. The van der Waals surface area contributed by atoms with Crippen molar-refractivity contribution in [2.75, 3.05) is 51.7 Å². The van der Waals surface area contributed by atoms with Crippen LogP contribution < -0.4 is 5.32 Å². The molecule has 3 aromatic rings. The standard InChI is InChI=1S/C34H44N8O2/c1-23(2)18-26-8-6-9-27(36-26)22-42-30-11-7-10-29(33(30)25(4)38-42)37-34(43)31-20-35-32-19-28(12-13-41(31)32)44-17-16-40-15-14-39(5)24(3)21-40/h6-13,19,23-24,31H,14-18,20-22H2,1-5H3,(H,37,43)/t24-,31?/m0/s1. The number of hydrogen-bond acceptors (Lipinski definition) is 8. The van der Waals surface area contributed by atoms with Gasteiger partial charge in [0.1, 0.15) is 24.2 Å². The van der Waals surface area contributed by atoms with Gasteiger partial charge in [0.2, 0.25) is 5.91 Å². The summed E-state index contributed by atoms with van der Waals surface area (Å²) in [6.07, 6.45) is 6.71. The summed E-state index contributed by atoms with van der Waals surface area (Å²) in [5.41, 5.74) is 4.65. The van der Waals surface area contributed by atoms with Gasteiger partial charge in [-0.05, 0) is 63.6 Å². The van der Waals surface area contributed by atoms with Gasteiger partial charge in [-0.3, -0.25) is 24.4 Å². The second kappa shape index (κ2) is 12.9. The molecule has 10 heteroatoms. The van der Waals surface area contributed by atoms with Gasteiger partial charge in [0, 0.05) is 55.6 Å². The van der Waals surface area contributed by atoms with Gasteiger partial charge in [-0.1, -0.05) is 26.0 Å². The minimum absolute atomic E-state index is 0.0990. The van der Waals surface area contributed by atoms with Gasteiger partial charge in [0.15, 0.2) is 0 Å². The molecule has 232 valence electrons. The zero-order valence-electron chi connectivity index (χ0n) is 26.5. The van der Waals surface area contributed by atoms with E-state index in [1.807, 2.05) is 59.1 Å². The summed E-state index contributed by atoms with van der Waals surface area (Å²) >= 11 is 0. The highest BCUT2D eigenvalue weighted by atomic mass is 16.5. The Morgan fingerprint density at radius 1 is 1.14 bits per heavy atom. The van der Waals surface area contributed by atoms with Gasteiger partial charge >= 0.3 is 0 Å². The number of likely N-dealkylation sites (N-methyl/N-ethyl adjacent to an activating group) is 1. The number of amides is 1. The molecule has 1 unspecified atom stereocenters. The number of pyridine rings is 1. The smallest absolute Gasteiger partial charge is 0.249 e. The maximum atomic E-state index is 13.6. The first-order valence-corrected chi connectivity index (χ1v) is 15.7. The van der Waals surface area contributed by atoms with E-state index in [0.29, 0.717) is 31.7 Å². The molecule has 0 bridgehead atoms. The first kappa shape index (κ1) is 30.0. The fourth-order valence-corrected chi connectivity index (χ4v) is 6.22. The molecule has 1 fully saturated rings. The van der Waals surface area contributed by atoms with E-state index in [0.717, 1.165) is 77.9 Å². The third-order valence-electron chi connectivity index (χ3n) is 8.72. The molecule has 6 rings (SSSR count). The number of nitrogens with one attached hydrogen (secondary N) is 1. The summed E-state index contributed by atoms with van der Waals surface area (Å²) in [6.45, 7) is 14.3. The molecule has 3 aliphatic rings. The average Bonchev–Trinajstić information content (AvgIpc) is 3.56. The first-order valence-electron chi connectivity index (χ1n) is 15.7. The van der Waals surface area contributed by atoms with Crippen molar-refractivity contribution >= 4 is 28.3 Å². The number of aromatic nitrogens is 3. The number of fused-ring (bicyclic) bond motifs is 2. The van der Waals surface area contributed by atoms with Crippen LogP contribution in [-0.2, 0) is 22.5 Å². The van der Waals surface area contributed by atoms with Crippen LogP contribution in [0, 0.1) is 12.8 Å². The molecule has 1 saturated heterocycles. The molecule has 44 heavy (non-hydrogen) atoms. The number of aliphatic imine (C=N–C) groups is 1. The number of carbonyl (C=O) groups excluding carboxylic acids is 1. The Hall–Kier alpha value is -4.02. The number of anilines is 1. The highest BCUT2D eigenvalue weighted by Gasteiger charge is 2.33. The van der Waals surface area contributed by atoms with E-state index < -0.39 is 6.04 Å². The van der Waals surface area contributed by atoms with E-state index in [1.165, 1.54) is 0 Å². The van der Waals surface area contributed by atoms with E-state index in [9.17, 15) is 4.79 Å². The Balaban J connectivity index is 1.08. The molecule has 1 amide bonds. The average molecular weight is 597 g/mol. The lowest BCUT2D eigenvalue weighted by molar-refractivity contribution is -0.118. The largest absolute Gasteiger partial charge is 0.492 e. The minimum atomic E-state index is -0.426. The van der Waals surface area contributed by atoms with Crippen LogP contribution in [0.2, 0.25) is 0 Å². The Kier molecular flexibility index (Phi) is 8.81. The second-order valence-electron chi connectivity index (χ2n) is 12.6. The van der Waals surface area contributed by atoms with Crippen LogP contribution in [-0.4, -0.2) is 99.7 Å². The zero-order valence-corrected chi connectivity index (χ0v) is 26.5. The van der Waals surface area contributed by atoms with E-state index in [-0.39, 0.29) is 5.91 Å². The summed E-state index contributed by atoms with van der Waals surface area (Å²) in [5.74, 6) is 1.98. The lowest BCUT2D eigenvalue weighted by Crippen LogP contribution is -2.50. The second-order valence-corrected chi connectivity index (χ2v) is 12.6. The van der Waals surface area contributed by atoms with Crippen LogP contribution in [0.25, 0.3) is 10.9 Å². The molecule has 5 heterocycles. The molecule has 2 atom stereocenters. The van der Waals surface area contributed by atoms with Crippen LogP contribution >= 0.6 is 0 Å². The lowest BCUT2D eigenvalue weighted by atomic mass is 10.1. The predicted octanol–water partition coefficient (Wildman–Crippen LogP) is 4.07. The maximum absolute atomic E-state index is 13.6. The Bertz CT molecular complexity index is 1610. The fraction of sp³-hybridized carbons (Fsp3) is 0.471. The fourth-order valence-electron chi connectivity index (χ4n) is 6.22. The van der Waals surface area contributed by atoms with Crippen molar-refractivity contribution < 1.29 is 9.53 Å². The molecule has 1 N–H and O–H groups in total. The molecule has 10 nitrogen and oxygen atoms in total. The van der Waals surface area contributed by atoms with Gasteiger partial charge < -0.3 is 19.9 Å². The number of rotatable bonds is 10. The summed E-state index contributed by atoms with van der Waals surface area (Å²) in [6, 6.07) is 12.3. The van der Waals surface area contributed by atoms with Gasteiger partial charge in [-0.2, -0.15) is 5.10 Å². The van der Waals surface area contributed by atoms with Gasteiger partial charge in [0.05, 0.1) is 35.7 Å². The number of allylic oxidation sites excluding steroid dienone is 1. The Morgan fingerprint density at radius 3 is 2.77 bits per heavy atom. The maximum Gasteiger partial charge on any atom is 0.249 e. The molecule has 0 aliphatic carbocycles. The number of nitrogens with zero attached hydrogens (tertiary/aromatic N) is 7. The number of ether oxygens (including phenoxy) is 1. The van der Waals surface area contributed by atoms with Crippen molar-refractivity contribution in [1.82, 2.24) is 29.5 Å². The van der Waals surface area contributed by atoms with Crippen LogP contribution in [0.4, 0.5) is 5.69 Å². The highest BCUT2D eigenvalue weighted by Crippen LogP contribution is 2.28. The molecule has 2 aromatic heterocycles. The molecular formula is C34H44N8O2. The molecule has 1 aromatic carbocycles. The molecule has 0 saturated carbocycles. The molecular weight excluding hydrogens is 552 g/mol. The minimum Gasteiger partial charge on any atom is -0.492 e. The third-order valence-corrected chi connectivity index (χ3v) is 8.72. The van der Waals surface area contributed by atoms with Crippen molar-refractivity contribution in [2.24, 2.45) is 10.9 Å². The van der Waals surface area contributed by atoms with Crippen molar-refractivity contribution in [3.63, 3.8) is 0 Å². The van der Waals surface area contributed by atoms with E-state index in [1.54, 1.807) is 0 Å². The van der Waals surface area contributed by atoms with Gasteiger partial charge in [-0.15, -0.1) is 0 Å². The lowest BCUT2D eigenvalue weighted by Gasteiger charge is -2.37. The quantitative estimate of drug-likeness (QED) is 0.377. The predicted molar refractivity (Wildman–Crippen MR) is 175 cm³/mol. The van der Waals surface area contributed by atoms with Crippen molar-refractivity contribution in [3.05, 3.63) is 77.6 Å². The van der Waals surface area contributed by atoms with Crippen LogP contribution in [0.3, 0.4) is 0 Å². The monoisotopic (exact) mass is 596 g/mol. The normalized spacial score (nSPS) is 20.6. The van der Waals surface area contributed by atoms with E-state index in [4.69, 9.17) is 14.8 Å². The van der Waals surface area contributed by atoms with Crippen LogP contribution in [0.5, 0.6) is 0 Å². The number of aryl methyl sites for hydroxylation is 1. The number of carbonyl (C=O) groups is 1. The zero-order chi connectivity index (χ0) is 30.8. The van der Waals surface area contributed by atoms with Crippen molar-refractivity contribution in [1.29, 1.82) is 0 Å². The Morgan fingerprint density at radius 2 is 1.95 bits per heavy atom. The highest BCUT2D eigenvalue weighted by molar-refractivity contribution is 6.07. The number of hydrogen-bond donors (Lipinski definition) is 1. The number of amidine groups is 1.